The van der Waals surface area contributed by atoms with E-state index in [2.05, 4.69) is 114 Å². The molecule has 2 aliphatic rings. The van der Waals surface area contributed by atoms with Crippen molar-refractivity contribution in [2.75, 3.05) is 14.2 Å². The predicted molar refractivity (Wildman–Crippen MR) is 211 cm³/mol. The summed E-state index contributed by atoms with van der Waals surface area (Å²) in [5.41, 5.74) is 15.0. The molecule has 0 aliphatic carbocycles. The minimum atomic E-state index is 0.796. The second-order valence-electron chi connectivity index (χ2n) is 12.9. The number of nitrogens with zero attached hydrogens (tertiary/aromatic N) is 2. The van der Waals surface area contributed by atoms with Gasteiger partial charge >= 0.3 is 0 Å². The Labute approximate surface area is 298 Å². The number of aromatic amines is 2. The lowest BCUT2D eigenvalue weighted by Crippen LogP contribution is -1.93. The zero-order valence-corrected chi connectivity index (χ0v) is 29.2. The molecular weight excluding hydrogens is 629 g/mol. The Morgan fingerprint density at radius 1 is 0.490 bits per heavy atom. The number of rotatable bonds is 9. The molecule has 0 spiro atoms. The molecule has 252 valence electrons. The molecule has 0 fully saturated rings. The molecule has 0 saturated carbocycles. The molecule has 2 N–H and O–H groups in total. The molecule has 2 aliphatic heterocycles. The summed E-state index contributed by atoms with van der Waals surface area (Å²) in [6.45, 7) is 2.24. The van der Waals surface area contributed by atoms with Crippen LogP contribution in [0.25, 0.3) is 79.8 Å². The minimum Gasteiger partial charge on any atom is -0.497 e. The van der Waals surface area contributed by atoms with Crippen LogP contribution in [0, 0.1) is 0 Å². The zero-order chi connectivity index (χ0) is 34.7. The summed E-state index contributed by atoms with van der Waals surface area (Å²) >= 11 is 0. The quantitative estimate of drug-likeness (QED) is 0.150. The number of hydrogen-bond donors (Lipinski definition) is 2. The summed E-state index contributed by atoms with van der Waals surface area (Å²) in [7, 11) is 3.41. The first-order chi connectivity index (χ1) is 25.1. The van der Waals surface area contributed by atoms with Gasteiger partial charge in [0.05, 0.1) is 37.0 Å². The number of aryl methyl sites for hydroxylation is 1. The summed E-state index contributed by atoms with van der Waals surface area (Å²) in [6, 6.07) is 35.5. The third-order valence-electron chi connectivity index (χ3n) is 9.67. The largest absolute Gasteiger partial charge is 0.497 e. The van der Waals surface area contributed by atoms with Crippen molar-refractivity contribution in [3.8, 4) is 44.9 Å². The third kappa shape index (κ3) is 6.25. The lowest BCUT2D eigenvalue weighted by molar-refractivity contribution is 0.415. The van der Waals surface area contributed by atoms with Gasteiger partial charge in [-0.05, 0) is 102 Å². The maximum Gasteiger partial charge on any atom is 0.119 e. The number of hydrogen-bond acceptors (Lipinski definition) is 4. The van der Waals surface area contributed by atoms with Crippen LogP contribution in [0.4, 0.5) is 0 Å². The second-order valence-corrected chi connectivity index (χ2v) is 12.9. The van der Waals surface area contributed by atoms with Crippen molar-refractivity contribution in [1.82, 2.24) is 19.9 Å². The molecule has 5 heterocycles. The number of benzene rings is 3. The molecule has 8 bridgehead atoms. The zero-order valence-electron chi connectivity index (χ0n) is 29.2. The summed E-state index contributed by atoms with van der Waals surface area (Å²) in [5.74, 6) is 1.59. The van der Waals surface area contributed by atoms with Crippen molar-refractivity contribution in [1.29, 1.82) is 0 Å². The summed E-state index contributed by atoms with van der Waals surface area (Å²) in [4.78, 5) is 18.4. The van der Waals surface area contributed by atoms with E-state index in [0.29, 0.717) is 0 Å². The Hall–Kier alpha value is -6.14. The van der Waals surface area contributed by atoms with E-state index in [1.54, 1.807) is 14.2 Å². The van der Waals surface area contributed by atoms with Gasteiger partial charge in [-0.3, -0.25) is 0 Å². The minimum absolute atomic E-state index is 0.796. The van der Waals surface area contributed by atoms with Gasteiger partial charge in [0.25, 0.3) is 0 Å². The van der Waals surface area contributed by atoms with Gasteiger partial charge < -0.3 is 19.4 Å². The van der Waals surface area contributed by atoms with Gasteiger partial charge in [-0.1, -0.05) is 74.4 Å². The fraction of sp³-hybridized carbons (Fsp3) is 0.156. The van der Waals surface area contributed by atoms with Crippen LogP contribution in [-0.2, 0) is 6.42 Å². The van der Waals surface area contributed by atoms with E-state index in [1.165, 1.54) is 5.56 Å². The number of methoxy groups -OCH3 is 2. The predicted octanol–water partition coefficient (Wildman–Crippen LogP) is 11.4. The van der Waals surface area contributed by atoms with Gasteiger partial charge in [-0.25, -0.2) is 9.97 Å². The molecular formula is C45H40N4O2. The number of aromatic nitrogens is 4. The second kappa shape index (κ2) is 14.0. The van der Waals surface area contributed by atoms with E-state index in [4.69, 9.17) is 19.4 Å². The van der Waals surface area contributed by atoms with Gasteiger partial charge in [0.2, 0.25) is 0 Å². The van der Waals surface area contributed by atoms with Crippen molar-refractivity contribution in [3.63, 3.8) is 0 Å². The van der Waals surface area contributed by atoms with E-state index in [1.807, 2.05) is 30.3 Å². The van der Waals surface area contributed by atoms with Crippen LogP contribution < -0.4 is 9.47 Å². The van der Waals surface area contributed by atoms with Crippen molar-refractivity contribution in [3.05, 3.63) is 131 Å². The Kier molecular flexibility index (Phi) is 8.81. The summed E-state index contributed by atoms with van der Waals surface area (Å²) in [5, 5.41) is 0. The Balaban J connectivity index is 1.53. The summed E-state index contributed by atoms with van der Waals surface area (Å²) < 4.78 is 11.3. The highest BCUT2D eigenvalue weighted by atomic mass is 16.5. The average Bonchev–Trinajstić information content (AvgIpc) is 4.01. The molecule has 0 radical (unpaired) electrons. The molecule has 0 atom stereocenters. The van der Waals surface area contributed by atoms with E-state index in [9.17, 15) is 0 Å². The summed E-state index contributed by atoms with van der Waals surface area (Å²) in [6.07, 6.45) is 12.8. The van der Waals surface area contributed by atoms with E-state index in [0.717, 1.165) is 115 Å². The molecule has 6 aromatic rings. The van der Waals surface area contributed by atoms with Crippen molar-refractivity contribution >= 4 is 46.4 Å². The van der Waals surface area contributed by atoms with Gasteiger partial charge in [0.1, 0.15) is 11.5 Å². The Morgan fingerprint density at radius 2 is 0.961 bits per heavy atom. The monoisotopic (exact) mass is 668 g/mol. The van der Waals surface area contributed by atoms with Gasteiger partial charge in [0, 0.05) is 44.3 Å². The number of fused-ring (bicyclic) bond motifs is 8. The maximum atomic E-state index is 5.67. The highest BCUT2D eigenvalue weighted by Gasteiger charge is 2.18. The van der Waals surface area contributed by atoms with Crippen LogP contribution in [0.5, 0.6) is 11.5 Å². The molecule has 8 rings (SSSR count). The standard InChI is InChI=1S/C45H40N4O2/c1-4-5-7-18-34-35-19-21-39(46-35)44(30-14-10-16-32(27-30)50-2)41-25-23-37(48-41)43(29-12-8-6-9-13-29)38-24-26-42(49-38)45(40-22-20-36(34)47-40)31-15-11-17-33(28-31)51-3/h6,8-17,19-28,46,49H,4-5,7,18H2,1-3H3. The van der Waals surface area contributed by atoms with Crippen LogP contribution in [0.2, 0.25) is 0 Å². The molecule has 0 saturated heterocycles. The normalized spacial score (nSPS) is 12.0. The van der Waals surface area contributed by atoms with Gasteiger partial charge in [0.15, 0.2) is 0 Å². The Morgan fingerprint density at radius 3 is 1.51 bits per heavy atom. The first-order valence-electron chi connectivity index (χ1n) is 17.6. The molecule has 6 nitrogen and oxygen atoms in total. The molecule has 3 aromatic heterocycles. The molecule has 51 heavy (non-hydrogen) atoms. The molecule has 6 heteroatoms. The number of ether oxygens (including phenoxy) is 2. The van der Waals surface area contributed by atoms with Crippen molar-refractivity contribution in [2.45, 2.75) is 32.6 Å². The highest BCUT2D eigenvalue weighted by molar-refractivity contribution is 5.98. The van der Waals surface area contributed by atoms with Crippen LogP contribution >= 0.6 is 0 Å². The Bertz CT molecular complexity index is 2420. The van der Waals surface area contributed by atoms with Crippen LogP contribution in [0.3, 0.4) is 0 Å². The smallest absolute Gasteiger partial charge is 0.119 e. The lowest BCUT2D eigenvalue weighted by atomic mass is 10.0. The lowest BCUT2D eigenvalue weighted by Gasteiger charge is -2.08. The molecule has 0 amide bonds. The van der Waals surface area contributed by atoms with Crippen LogP contribution in [-0.4, -0.2) is 34.2 Å². The highest BCUT2D eigenvalue weighted by Crippen LogP contribution is 2.38. The van der Waals surface area contributed by atoms with Gasteiger partial charge in [-0.2, -0.15) is 0 Å². The number of nitrogens with one attached hydrogen (secondary N) is 2. The van der Waals surface area contributed by atoms with E-state index < -0.39 is 0 Å². The SMILES string of the molecule is CCCCCc1c2nc(c(-c3cccc(OC)c3)c3ccc([nH]3)c(-c3ccccc3)c3nc(c(-c4cccc(OC)c4)c4ccc1[nH]4)C=C3)C=C2. The first kappa shape index (κ1) is 32.1. The van der Waals surface area contributed by atoms with Crippen LogP contribution in [0.1, 0.15) is 54.5 Å². The molecule has 0 unspecified atom stereocenters. The average molecular weight is 669 g/mol. The van der Waals surface area contributed by atoms with Crippen molar-refractivity contribution < 1.29 is 9.47 Å². The first-order valence-corrected chi connectivity index (χ1v) is 17.6. The van der Waals surface area contributed by atoms with Crippen LogP contribution in [0.15, 0.2) is 103 Å². The third-order valence-corrected chi connectivity index (χ3v) is 9.67. The number of unbranched alkanes of at least 4 members (excludes halogenated alkanes) is 2. The topological polar surface area (TPSA) is 75.8 Å². The molecule has 3 aromatic carbocycles. The number of H-pyrrole nitrogens is 2. The van der Waals surface area contributed by atoms with E-state index >= 15 is 0 Å². The van der Waals surface area contributed by atoms with Gasteiger partial charge in [-0.15, -0.1) is 0 Å². The van der Waals surface area contributed by atoms with E-state index in [-0.39, 0.29) is 0 Å². The fourth-order valence-electron chi connectivity index (χ4n) is 7.15. The maximum absolute atomic E-state index is 5.67. The fourth-order valence-corrected chi connectivity index (χ4v) is 7.15. The van der Waals surface area contributed by atoms with Crippen molar-refractivity contribution in [2.24, 2.45) is 0 Å².